The average molecular weight is 497 g/mol. The molecular formula is C28H40N4O2S. The third kappa shape index (κ3) is 6.33. The number of nitrogens with two attached hydrogens (primary N) is 1. The molecule has 0 radical (unpaired) electrons. The summed E-state index contributed by atoms with van der Waals surface area (Å²) < 4.78 is 5.74. The molecule has 1 saturated carbocycles. The second-order valence-electron chi connectivity index (χ2n) is 10.2. The number of nitrogens with zero attached hydrogens (tertiary/aromatic N) is 2. The molecule has 1 fully saturated rings. The molecule has 2 aromatic rings. The van der Waals surface area contributed by atoms with Crippen LogP contribution < -0.4 is 11.1 Å². The van der Waals surface area contributed by atoms with Crippen molar-refractivity contribution in [2.24, 2.45) is 5.92 Å². The van der Waals surface area contributed by atoms with Crippen molar-refractivity contribution in [1.29, 1.82) is 0 Å². The van der Waals surface area contributed by atoms with E-state index in [1.807, 2.05) is 43.3 Å². The van der Waals surface area contributed by atoms with Gasteiger partial charge in [0.15, 0.2) is 0 Å². The topological polar surface area (TPSA) is 70.8 Å². The van der Waals surface area contributed by atoms with E-state index in [-0.39, 0.29) is 5.97 Å². The predicted octanol–water partition coefficient (Wildman–Crippen LogP) is 4.58. The van der Waals surface area contributed by atoms with Gasteiger partial charge < -0.3 is 25.6 Å². The van der Waals surface area contributed by atoms with Crippen molar-refractivity contribution >= 4 is 28.6 Å². The molecule has 0 bridgehead atoms. The Kier molecular flexibility index (Phi) is 8.65. The fourth-order valence-corrected chi connectivity index (χ4v) is 6.37. The van der Waals surface area contributed by atoms with Gasteiger partial charge in [0, 0.05) is 41.8 Å². The molecular weight excluding hydrogens is 456 g/mol. The number of anilines is 1. The van der Waals surface area contributed by atoms with Crippen molar-refractivity contribution in [3.63, 3.8) is 0 Å². The Morgan fingerprint density at radius 1 is 1.20 bits per heavy atom. The molecule has 0 spiro atoms. The first-order valence-corrected chi connectivity index (χ1v) is 13.6. The van der Waals surface area contributed by atoms with Crippen LogP contribution in [0.25, 0.3) is 16.0 Å². The zero-order chi connectivity index (χ0) is 24.9. The van der Waals surface area contributed by atoms with E-state index in [1.54, 1.807) is 11.3 Å². The highest BCUT2D eigenvalue weighted by atomic mass is 32.1. The van der Waals surface area contributed by atoms with E-state index >= 15 is 0 Å². The van der Waals surface area contributed by atoms with Gasteiger partial charge in [-0.2, -0.15) is 0 Å². The van der Waals surface area contributed by atoms with E-state index < -0.39 is 0 Å². The van der Waals surface area contributed by atoms with Crippen LogP contribution in [0.4, 0.5) is 5.69 Å². The van der Waals surface area contributed by atoms with Gasteiger partial charge in [-0.25, -0.2) is 4.79 Å². The second kappa shape index (κ2) is 11.7. The average Bonchev–Trinajstić information content (AvgIpc) is 3.29. The van der Waals surface area contributed by atoms with Crippen LogP contribution in [0.3, 0.4) is 0 Å². The van der Waals surface area contributed by atoms with E-state index in [0.717, 1.165) is 46.1 Å². The number of hydrogen-bond acceptors (Lipinski definition) is 7. The summed E-state index contributed by atoms with van der Waals surface area (Å²) in [5.41, 5.74) is 11.7. The molecule has 7 heteroatoms. The summed E-state index contributed by atoms with van der Waals surface area (Å²) in [7, 11) is 8.26. The molecule has 1 aromatic heterocycles. The van der Waals surface area contributed by atoms with Crippen LogP contribution in [0.1, 0.15) is 47.3 Å². The maximum Gasteiger partial charge on any atom is 0.349 e. The van der Waals surface area contributed by atoms with Gasteiger partial charge >= 0.3 is 5.97 Å². The Bertz CT molecular complexity index is 1040. The quantitative estimate of drug-likeness (QED) is 0.412. The smallest absolute Gasteiger partial charge is 0.349 e. The van der Waals surface area contributed by atoms with E-state index in [9.17, 15) is 4.79 Å². The monoisotopic (exact) mass is 496 g/mol. The summed E-state index contributed by atoms with van der Waals surface area (Å²) in [5, 5.41) is 3.46. The number of hydrogen-bond donors (Lipinski definition) is 2. The Labute approximate surface area is 214 Å². The Morgan fingerprint density at radius 3 is 2.57 bits per heavy atom. The standard InChI is InChI=1S/C28H40N4O2S/c1-30-22-11-7-19(8-12-22)25-18-32(4)14-13-23(25)24-17-26(20-5-9-21(29)10-6-20)35-27(24)28(33)34-16-15-31(2)3/h5-6,9-10,17,19,22,30H,7-8,11-16,18,29H2,1-4H3. The summed E-state index contributed by atoms with van der Waals surface area (Å²) in [5.74, 6) is 0.369. The second-order valence-corrected chi connectivity index (χ2v) is 11.3. The van der Waals surface area contributed by atoms with Crippen molar-refractivity contribution in [2.75, 3.05) is 60.2 Å². The molecule has 0 atom stereocenters. The van der Waals surface area contributed by atoms with Crippen molar-refractivity contribution in [1.82, 2.24) is 15.1 Å². The van der Waals surface area contributed by atoms with Crippen molar-refractivity contribution in [3.8, 4) is 10.4 Å². The van der Waals surface area contributed by atoms with Crippen molar-refractivity contribution < 1.29 is 9.53 Å². The molecule has 1 aliphatic heterocycles. The van der Waals surface area contributed by atoms with Crippen molar-refractivity contribution in [3.05, 3.63) is 46.3 Å². The number of ether oxygens (including phenoxy) is 1. The maximum absolute atomic E-state index is 13.3. The van der Waals surface area contributed by atoms with E-state index in [0.29, 0.717) is 25.1 Å². The highest BCUT2D eigenvalue weighted by Crippen LogP contribution is 2.43. The van der Waals surface area contributed by atoms with Crippen molar-refractivity contribution in [2.45, 2.75) is 38.1 Å². The minimum absolute atomic E-state index is 0.210. The Balaban J connectivity index is 1.72. The largest absolute Gasteiger partial charge is 0.460 e. The molecule has 2 heterocycles. The molecule has 2 aliphatic rings. The fraction of sp³-hybridized carbons (Fsp3) is 0.536. The molecule has 1 aromatic carbocycles. The van der Waals surface area contributed by atoms with Gasteiger partial charge in [-0.1, -0.05) is 12.1 Å². The molecule has 0 saturated heterocycles. The lowest BCUT2D eigenvalue weighted by atomic mass is 9.77. The lowest BCUT2D eigenvalue weighted by Crippen LogP contribution is -2.35. The first-order chi connectivity index (χ1) is 16.9. The third-order valence-electron chi connectivity index (χ3n) is 7.41. The zero-order valence-corrected chi connectivity index (χ0v) is 22.4. The summed E-state index contributed by atoms with van der Waals surface area (Å²) in [4.78, 5) is 19.6. The van der Waals surface area contributed by atoms with Crippen LogP contribution in [0, 0.1) is 5.92 Å². The van der Waals surface area contributed by atoms with Crippen LogP contribution in [0.5, 0.6) is 0 Å². The Hall–Kier alpha value is -2.19. The summed E-state index contributed by atoms with van der Waals surface area (Å²) in [6.45, 7) is 3.09. The molecule has 6 nitrogen and oxygen atoms in total. The molecule has 1 aliphatic carbocycles. The van der Waals surface area contributed by atoms with Crippen LogP contribution >= 0.6 is 11.3 Å². The summed E-state index contributed by atoms with van der Waals surface area (Å²) >= 11 is 1.55. The lowest BCUT2D eigenvalue weighted by molar-refractivity contribution is 0.0487. The number of esters is 1. The highest BCUT2D eigenvalue weighted by molar-refractivity contribution is 7.17. The third-order valence-corrected chi connectivity index (χ3v) is 8.57. The van der Waals surface area contributed by atoms with E-state index in [4.69, 9.17) is 10.5 Å². The summed E-state index contributed by atoms with van der Waals surface area (Å²) in [6, 6.07) is 10.8. The predicted molar refractivity (Wildman–Crippen MR) is 147 cm³/mol. The number of rotatable bonds is 8. The molecule has 0 unspecified atom stereocenters. The van der Waals surface area contributed by atoms with Gasteiger partial charge in [0.05, 0.1) is 0 Å². The van der Waals surface area contributed by atoms with Crippen LogP contribution in [0.2, 0.25) is 0 Å². The number of nitrogens with one attached hydrogen (secondary N) is 1. The minimum atomic E-state index is -0.210. The normalized spacial score (nSPS) is 21.5. The fourth-order valence-electron chi connectivity index (χ4n) is 5.29. The first-order valence-electron chi connectivity index (χ1n) is 12.8. The SMILES string of the molecule is CNC1CCC(C2=C(c3cc(-c4ccc(N)cc4)sc3C(=O)OCCN(C)C)CCN(C)C2)CC1. The first kappa shape index (κ1) is 25.9. The van der Waals surface area contributed by atoms with Gasteiger partial charge in [-0.05, 0) is 101 Å². The van der Waals surface area contributed by atoms with E-state index in [2.05, 4.69) is 30.4 Å². The van der Waals surface area contributed by atoms with Crippen LogP contribution in [-0.2, 0) is 4.74 Å². The van der Waals surface area contributed by atoms with E-state index in [1.165, 1.54) is 36.8 Å². The Morgan fingerprint density at radius 2 is 1.91 bits per heavy atom. The number of carbonyl (C=O) groups is 1. The number of benzene rings is 1. The van der Waals surface area contributed by atoms with Gasteiger partial charge in [0.1, 0.15) is 11.5 Å². The van der Waals surface area contributed by atoms with Crippen LogP contribution in [0.15, 0.2) is 35.9 Å². The zero-order valence-electron chi connectivity index (χ0n) is 21.6. The minimum Gasteiger partial charge on any atom is -0.460 e. The molecule has 0 amide bonds. The van der Waals surface area contributed by atoms with Gasteiger partial charge in [0.25, 0.3) is 0 Å². The molecule has 3 N–H and O–H groups in total. The van der Waals surface area contributed by atoms with Gasteiger partial charge in [0.2, 0.25) is 0 Å². The van der Waals surface area contributed by atoms with Gasteiger partial charge in [-0.15, -0.1) is 11.3 Å². The highest BCUT2D eigenvalue weighted by Gasteiger charge is 2.31. The molecule has 190 valence electrons. The van der Waals surface area contributed by atoms with Crippen LogP contribution in [-0.4, -0.2) is 76.2 Å². The number of thiophene rings is 1. The number of nitrogen functional groups attached to an aromatic ring is 1. The number of likely N-dealkylation sites (N-methyl/N-ethyl adjacent to an activating group) is 2. The molecule has 4 rings (SSSR count). The number of carbonyl (C=O) groups excluding carboxylic acids is 1. The molecule has 35 heavy (non-hydrogen) atoms. The lowest BCUT2D eigenvalue weighted by Gasteiger charge is -2.36. The summed E-state index contributed by atoms with van der Waals surface area (Å²) in [6.07, 6.45) is 5.79. The van der Waals surface area contributed by atoms with Gasteiger partial charge in [-0.3, -0.25) is 0 Å². The maximum atomic E-state index is 13.3.